The van der Waals surface area contributed by atoms with E-state index in [1.807, 2.05) is 48.8 Å². The van der Waals surface area contributed by atoms with Crippen molar-refractivity contribution in [1.82, 2.24) is 19.9 Å². The lowest BCUT2D eigenvalue weighted by molar-refractivity contribution is 1.04. The third-order valence-corrected chi connectivity index (χ3v) is 8.31. The maximum Gasteiger partial charge on any atom is 0.0886 e. The quantitative estimate of drug-likeness (QED) is 0.195. The minimum atomic E-state index is 0.858. The maximum absolute atomic E-state index is 4.87. The Labute approximate surface area is 256 Å². The number of pyridine rings is 4. The van der Waals surface area contributed by atoms with Crippen LogP contribution in [-0.2, 0) is 0 Å². The highest BCUT2D eigenvalue weighted by molar-refractivity contribution is 6.21. The van der Waals surface area contributed by atoms with Crippen LogP contribution in [0.2, 0.25) is 0 Å². The van der Waals surface area contributed by atoms with Crippen LogP contribution >= 0.6 is 0 Å². The van der Waals surface area contributed by atoms with Crippen LogP contribution in [0.4, 0.5) is 0 Å². The summed E-state index contributed by atoms with van der Waals surface area (Å²) in [5.41, 5.74) is 10.4. The molecular formula is C40H28N4. The lowest BCUT2D eigenvalue weighted by Gasteiger charge is -2.19. The molecule has 0 unspecified atom stereocenters. The molecule has 4 nitrogen and oxygen atoms in total. The summed E-state index contributed by atoms with van der Waals surface area (Å²) >= 11 is 0. The van der Waals surface area contributed by atoms with E-state index in [9.17, 15) is 0 Å². The number of hydrogen-bond acceptors (Lipinski definition) is 4. The molecular weight excluding hydrogens is 536 g/mol. The Balaban J connectivity index is 1.37. The largest absolute Gasteiger partial charge is 0.255 e. The van der Waals surface area contributed by atoms with Crippen LogP contribution in [0.1, 0.15) is 18.4 Å². The zero-order valence-electron chi connectivity index (χ0n) is 24.1. The van der Waals surface area contributed by atoms with E-state index in [0.717, 1.165) is 46.7 Å². The number of nitrogens with zero attached hydrogens (tertiary/aromatic N) is 4. The summed E-state index contributed by atoms with van der Waals surface area (Å²) in [7, 11) is 0. The fraction of sp³-hybridized carbons (Fsp3) is 0.0500. The fourth-order valence-electron chi connectivity index (χ4n) is 6.22. The van der Waals surface area contributed by atoms with E-state index in [1.165, 1.54) is 43.8 Å². The summed E-state index contributed by atoms with van der Waals surface area (Å²) in [5.74, 6) is 0. The first-order valence-electron chi connectivity index (χ1n) is 14.9. The number of fused-ring (bicyclic) bond motifs is 2. The molecule has 0 aliphatic heterocycles. The standard InChI is InChI=1S/C40H28N4/c1-2-10-27(11-3-1)28-16-19-33-34(24-28)40(30-18-21-38(44-26-30)36-15-7-9-23-42-36)32-13-5-4-12-31(32)39(33)29-17-20-37(43-25-29)35-14-6-8-22-41-35/h2,4-26H,1,3H2. The SMILES string of the molecule is C1=CC(c2ccc3c(-c4ccc(-c5ccccn5)nc4)c4ccccc4c(-c4ccc(-c5ccccn5)nc4)c3c2)=CCC1. The molecule has 0 saturated carbocycles. The van der Waals surface area contributed by atoms with Crippen LogP contribution < -0.4 is 0 Å². The Morgan fingerprint density at radius 3 is 1.50 bits per heavy atom. The van der Waals surface area contributed by atoms with E-state index < -0.39 is 0 Å². The topological polar surface area (TPSA) is 51.6 Å². The molecule has 1 aliphatic carbocycles. The van der Waals surface area contributed by atoms with Gasteiger partial charge in [-0.15, -0.1) is 0 Å². The molecule has 3 aromatic carbocycles. The van der Waals surface area contributed by atoms with Gasteiger partial charge in [-0.3, -0.25) is 19.9 Å². The molecule has 4 aromatic heterocycles. The molecule has 1 aliphatic rings. The van der Waals surface area contributed by atoms with Crippen LogP contribution in [0, 0.1) is 0 Å². The molecule has 0 spiro atoms. The predicted molar refractivity (Wildman–Crippen MR) is 181 cm³/mol. The lowest BCUT2D eigenvalue weighted by Crippen LogP contribution is -1.95. The van der Waals surface area contributed by atoms with Crippen molar-refractivity contribution in [2.24, 2.45) is 0 Å². The first kappa shape index (κ1) is 25.9. The summed E-state index contributed by atoms with van der Waals surface area (Å²) in [6.07, 6.45) is 16.6. The van der Waals surface area contributed by atoms with Crippen LogP contribution in [0.25, 0.3) is 72.1 Å². The minimum Gasteiger partial charge on any atom is -0.255 e. The average molecular weight is 565 g/mol. The van der Waals surface area contributed by atoms with Crippen molar-refractivity contribution in [3.05, 3.63) is 152 Å². The smallest absolute Gasteiger partial charge is 0.0886 e. The number of aromatic nitrogens is 4. The van der Waals surface area contributed by atoms with Gasteiger partial charge >= 0.3 is 0 Å². The van der Waals surface area contributed by atoms with Gasteiger partial charge in [0.25, 0.3) is 0 Å². The molecule has 44 heavy (non-hydrogen) atoms. The molecule has 0 N–H and O–H groups in total. The van der Waals surface area contributed by atoms with Crippen molar-refractivity contribution in [3.63, 3.8) is 0 Å². The molecule has 0 radical (unpaired) electrons. The lowest BCUT2D eigenvalue weighted by atomic mass is 9.85. The van der Waals surface area contributed by atoms with E-state index >= 15 is 0 Å². The highest BCUT2D eigenvalue weighted by Gasteiger charge is 2.18. The average Bonchev–Trinajstić information content (AvgIpc) is 3.12. The molecule has 4 heteroatoms. The van der Waals surface area contributed by atoms with E-state index in [0.29, 0.717) is 0 Å². The highest BCUT2D eigenvalue weighted by Crippen LogP contribution is 2.44. The Kier molecular flexibility index (Phi) is 6.58. The van der Waals surface area contributed by atoms with Gasteiger partial charge in [0.15, 0.2) is 0 Å². The third-order valence-electron chi connectivity index (χ3n) is 8.31. The Hall–Kier alpha value is -5.74. The number of hydrogen-bond donors (Lipinski definition) is 0. The van der Waals surface area contributed by atoms with Crippen LogP contribution in [-0.4, -0.2) is 19.9 Å². The summed E-state index contributed by atoms with van der Waals surface area (Å²) in [4.78, 5) is 18.7. The monoisotopic (exact) mass is 564 g/mol. The van der Waals surface area contributed by atoms with E-state index in [-0.39, 0.29) is 0 Å². The van der Waals surface area contributed by atoms with E-state index in [1.54, 1.807) is 12.4 Å². The predicted octanol–water partition coefficient (Wildman–Crippen LogP) is 9.97. The molecule has 0 fully saturated rings. The number of benzene rings is 3. The molecule has 208 valence electrons. The number of allylic oxidation sites excluding steroid dienone is 4. The van der Waals surface area contributed by atoms with Crippen LogP contribution in [0.5, 0.6) is 0 Å². The summed E-state index contributed by atoms with van der Waals surface area (Å²) < 4.78 is 0. The highest BCUT2D eigenvalue weighted by atomic mass is 14.8. The van der Waals surface area contributed by atoms with Gasteiger partial charge in [0.05, 0.1) is 22.8 Å². The Morgan fingerprint density at radius 1 is 0.432 bits per heavy atom. The Morgan fingerprint density at radius 2 is 0.977 bits per heavy atom. The van der Waals surface area contributed by atoms with Crippen molar-refractivity contribution in [2.45, 2.75) is 12.8 Å². The van der Waals surface area contributed by atoms with Crippen LogP contribution in [0.3, 0.4) is 0 Å². The first-order valence-corrected chi connectivity index (χ1v) is 14.9. The first-order chi connectivity index (χ1) is 21.8. The Bertz CT molecular complexity index is 2180. The van der Waals surface area contributed by atoms with Gasteiger partial charge in [0, 0.05) is 35.9 Å². The zero-order valence-corrected chi connectivity index (χ0v) is 24.1. The van der Waals surface area contributed by atoms with E-state index in [4.69, 9.17) is 9.97 Å². The zero-order chi connectivity index (χ0) is 29.3. The van der Waals surface area contributed by atoms with Gasteiger partial charge in [0.1, 0.15) is 0 Å². The summed E-state index contributed by atoms with van der Waals surface area (Å²) in [6.45, 7) is 0. The van der Waals surface area contributed by atoms with Crippen molar-refractivity contribution in [1.29, 1.82) is 0 Å². The maximum atomic E-state index is 4.87. The van der Waals surface area contributed by atoms with Crippen molar-refractivity contribution < 1.29 is 0 Å². The molecule has 0 atom stereocenters. The van der Waals surface area contributed by atoms with Crippen molar-refractivity contribution >= 4 is 27.1 Å². The van der Waals surface area contributed by atoms with Gasteiger partial charge in [-0.25, -0.2) is 0 Å². The second kappa shape index (κ2) is 11.2. The van der Waals surface area contributed by atoms with Gasteiger partial charge < -0.3 is 0 Å². The normalized spacial score (nSPS) is 12.9. The summed E-state index contributed by atoms with van der Waals surface area (Å²) in [5, 5.41) is 4.74. The van der Waals surface area contributed by atoms with Crippen molar-refractivity contribution in [2.75, 3.05) is 0 Å². The summed E-state index contributed by atoms with van der Waals surface area (Å²) in [6, 6.07) is 35.9. The molecule has 0 amide bonds. The van der Waals surface area contributed by atoms with Gasteiger partial charge in [-0.2, -0.15) is 0 Å². The molecule has 0 saturated heterocycles. The third kappa shape index (κ3) is 4.67. The second-order valence-electron chi connectivity index (χ2n) is 11.0. The van der Waals surface area contributed by atoms with Crippen molar-refractivity contribution in [3.8, 4) is 45.0 Å². The minimum absolute atomic E-state index is 0.858. The van der Waals surface area contributed by atoms with E-state index in [2.05, 4.69) is 94.9 Å². The van der Waals surface area contributed by atoms with Gasteiger partial charge in [0.2, 0.25) is 0 Å². The molecule has 0 bridgehead atoms. The molecule has 8 rings (SSSR count). The fourth-order valence-corrected chi connectivity index (χ4v) is 6.22. The van der Waals surface area contributed by atoms with Crippen LogP contribution in [0.15, 0.2) is 146 Å². The molecule has 4 heterocycles. The van der Waals surface area contributed by atoms with Gasteiger partial charge in [-0.1, -0.05) is 78.9 Å². The number of rotatable bonds is 5. The second-order valence-corrected chi connectivity index (χ2v) is 11.0. The molecule has 7 aromatic rings. The van der Waals surface area contributed by atoms with Gasteiger partial charge in [-0.05, 0) is 99.1 Å².